The number of aromatic nitrogens is 1. The third-order valence-corrected chi connectivity index (χ3v) is 2.93. The Morgan fingerprint density at radius 3 is 2.70 bits per heavy atom. The highest BCUT2D eigenvalue weighted by atomic mass is 16.3. The summed E-state index contributed by atoms with van der Waals surface area (Å²) in [5.74, 6) is 0.272. The molecule has 106 valence electrons. The maximum atomic E-state index is 12.4. The molecule has 0 spiro atoms. The molecule has 0 N–H and O–H groups in total. The van der Waals surface area contributed by atoms with E-state index in [0.717, 1.165) is 12.1 Å². The van der Waals surface area contributed by atoms with Gasteiger partial charge >= 0.3 is 0 Å². The lowest BCUT2D eigenvalue weighted by atomic mass is 10.2. The first kappa shape index (κ1) is 14.3. The zero-order chi connectivity index (χ0) is 14.4. The van der Waals surface area contributed by atoms with Crippen LogP contribution in [0.2, 0.25) is 0 Å². The molecule has 2 rings (SSSR count). The molecule has 5 nitrogen and oxygen atoms in total. The summed E-state index contributed by atoms with van der Waals surface area (Å²) in [6, 6.07) is 7.25. The molecule has 0 aliphatic heterocycles. The monoisotopic (exact) mass is 273 g/mol. The van der Waals surface area contributed by atoms with E-state index in [0.29, 0.717) is 18.8 Å². The van der Waals surface area contributed by atoms with Crippen molar-refractivity contribution in [2.45, 2.75) is 6.54 Å². The summed E-state index contributed by atoms with van der Waals surface area (Å²) in [5, 5.41) is 0. The predicted molar refractivity (Wildman–Crippen MR) is 76.2 cm³/mol. The SMILES string of the molecule is CN(C)CCN(Cc1cccnc1)C(=O)c1ccco1. The second-order valence-electron chi connectivity index (χ2n) is 4.87. The van der Waals surface area contributed by atoms with Crippen LogP contribution in [0.3, 0.4) is 0 Å². The quantitative estimate of drug-likeness (QED) is 0.806. The molecular formula is C15H19N3O2. The minimum absolute atomic E-state index is 0.0966. The molecule has 0 saturated heterocycles. The van der Waals surface area contributed by atoms with Gasteiger partial charge in [0.25, 0.3) is 5.91 Å². The molecule has 2 aromatic heterocycles. The number of rotatable bonds is 6. The molecule has 0 aliphatic carbocycles. The van der Waals surface area contributed by atoms with E-state index in [4.69, 9.17) is 4.42 Å². The number of likely N-dealkylation sites (N-methyl/N-ethyl adjacent to an activating group) is 1. The maximum absolute atomic E-state index is 12.4. The Labute approximate surface area is 118 Å². The number of furan rings is 1. The van der Waals surface area contributed by atoms with Gasteiger partial charge in [-0.1, -0.05) is 6.07 Å². The fourth-order valence-corrected chi connectivity index (χ4v) is 1.84. The fraction of sp³-hybridized carbons (Fsp3) is 0.333. The minimum atomic E-state index is -0.0966. The molecule has 5 heteroatoms. The van der Waals surface area contributed by atoms with E-state index < -0.39 is 0 Å². The first-order chi connectivity index (χ1) is 9.66. The average Bonchev–Trinajstić information content (AvgIpc) is 2.97. The number of hydrogen-bond donors (Lipinski definition) is 0. The third kappa shape index (κ3) is 3.93. The molecule has 20 heavy (non-hydrogen) atoms. The number of amides is 1. The molecule has 0 unspecified atom stereocenters. The van der Waals surface area contributed by atoms with Gasteiger partial charge < -0.3 is 14.2 Å². The molecule has 2 aromatic rings. The molecule has 0 radical (unpaired) electrons. The standard InChI is InChI=1S/C15H19N3O2/c1-17(2)8-9-18(12-13-5-3-7-16-11-13)15(19)14-6-4-10-20-14/h3-7,10-11H,8-9,12H2,1-2H3. The topological polar surface area (TPSA) is 49.6 Å². The Bertz CT molecular complexity index is 523. The largest absolute Gasteiger partial charge is 0.459 e. The van der Waals surface area contributed by atoms with Gasteiger partial charge in [0.2, 0.25) is 0 Å². The van der Waals surface area contributed by atoms with Gasteiger partial charge in [0, 0.05) is 32.0 Å². The summed E-state index contributed by atoms with van der Waals surface area (Å²) in [5.41, 5.74) is 1.01. The van der Waals surface area contributed by atoms with E-state index in [9.17, 15) is 4.79 Å². The van der Waals surface area contributed by atoms with Crippen molar-refractivity contribution in [1.29, 1.82) is 0 Å². The van der Waals surface area contributed by atoms with Gasteiger partial charge in [-0.15, -0.1) is 0 Å². The van der Waals surface area contributed by atoms with Crippen LogP contribution in [0.15, 0.2) is 47.3 Å². The van der Waals surface area contributed by atoms with Crippen LogP contribution in [0.1, 0.15) is 16.1 Å². The molecule has 0 bridgehead atoms. The molecule has 0 saturated carbocycles. The highest BCUT2D eigenvalue weighted by Gasteiger charge is 2.18. The summed E-state index contributed by atoms with van der Waals surface area (Å²) in [4.78, 5) is 20.3. The van der Waals surface area contributed by atoms with E-state index in [2.05, 4.69) is 4.98 Å². The zero-order valence-corrected chi connectivity index (χ0v) is 11.8. The lowest BCUT2D eigenvalue weighted by Gasteiger charge is -2.23. The summed E-state index contributed by atoms with van der Waals surface area (Å²) >= 11 is 0. The summed E-state index contributed by atoms with van der Waals surface area (Å²) in [6.45, 7) is 1.97. The van der Waals surface area contributed by atoms with Crippen molar-refractivity contribution in [2.75, 3.05) is 27.2 Å². The predicted octanol–water partition coefficient (Wildman–Crippen LogP) is 1.88. The van der Waals surface area contributed by atoms with Crippen molar-refractivity contribution in [3.8, 4) is 0 Å². The lowest BCUT2D eigenvalue weighted by Crippen LogP contribution is -2.36. The van der Waals surface area contributed by atoms with E-state index in [1.807, 2.05) is 31.1 Å². The normalized spacial score (nSPS) is 10.8. The lowest BCUT2D eigenvalue weighted by molar-refractivity contribution is 0.0699. The molecule has 2 heterocycles. The molecule has 0 fully saturated rings. The van der Waals surface area contributed by atoms with Gasteiger partial charge in [-0.05, 0) is 37.9 Å². The van der Waals surface area contributed by atoms with Crippen molar-refractivity contribution >= 4 is 5.91 Å². The number of nitrogens with zero attached hydrogens (tertiary/aromatic N) is 3. The van der Waals surface area contributed by atoms with Crippen molar-refractivity contribution < 1.29 is 9.21 Å². The third-order valence-electron chi connectivity index (χ3n) is 2.93. The van der Waals surface area contributed by atoms with Gasteiger partial charge in [-0.2, -0.15) is 0 Å². The highest BCUT2D eigenvalue weighted by Crippen LogP contribution is 2.10. The van der Waals surface area contributed by atoms with Crippen LogP contribution in [-0.2, 0) is 6.54 Å². The highest BCUT2D eigenvalue weighted by molar-refractivity contribution is 5.91. The average molecular weight is 273 g/mol. The maximum Gasteiger partial charge on any atom is 0.289 e. The van der Waals surface area contributed by atoms with Gasteiger partial charge in [-0.3, -0.25) is 9.78 Å². The number of carbonyl (C=O) groups excluding carboxylic acids is 1. The van der Waals surface area contributed by atoms with Crippen LogP contribution in [-0.4, -0.2) is 47.9 Å². The Balaban J connectivity index is 2.10. The summed E-state index contributed by atoms with van der Waals surface area (Å²) in [6.07, 6.45) is 5.02. The van der Waals surface area contributed by atoms with E-state index in [1.165, 1.54) is 6.26 Å². The van der Waals surface area contributed by atoms with Crippen LogP contribution in [0.25, 0.3) is 0 Å². The molecule has 0 atom stereocenters. The summed E-state index contributed by atoms with van der Waals surface area (Å²) < 4.78 is 5.20. The smallest absolute Gasteiger partial charge is 0.289 e. The van der Waals surface area contributed by atoms with Crippen LogP contribution in [0.4, 0.5) is 0 Å². The second kappa shape index (κ2) is 6.86. The number of hydrogen-bond acceptors (Lipinski definition) is 4. The first-order valence-corrected chi connectivity index (χ1v) is 6.53. The second-order valence-corrected chi connectivity index (χ2v) is 4.87. The van der Waals surface area contributed by atoms with Crippen molar-refractivity contribution in [1.82, 2.24) is 14.8 Å². The Morgan fingerprint density at radius 2 is 2.10 bits per heavy atom. The van der Waals surface area contributed by atoms with Crippen molar-refractivity contribution in [3.63, 3.8) is 0 Å². The molecule has 1 amide bonds. The van der Waals surface area contributed by atoms with Crippen molar-refractivity contribution in [3.05, 3.63) is 54.2 Å². The van der Waals surface area contributed by atoms with Gasteiger partial charge in [0.15, 0.2) is 5.76 Å². The molecule has 0 aliphatic rings. The van der Waals surface area contributed by atoms with Crippen LogP contribution < -0.4 is 0 Å². The first-order valence-electron chi connectivity index (χ1n) is 6.53. The molecule has 0 aromatic carbocycles. The van der Waals surface area contributed by atoms with Crippen LogP contribution in [0, 0.1) is 0 Å². The fourth-order valence-electron chi connectivity index (χ4n) is 1.84. The van der Waals surface area contributed by atoms with Crippen LogP contribution in [0.5, 0.6) is 0 Å². The Hall–Kier alpha value is -2.14. The molecular weight excluding hydrogens is 254 g/mol. The van der Waals surface area contributed by atoms with E-state index in [-0.39, 0.29) is 5.91 Å². The summed E-state index contributed by atoms with van der Waals surface area (Å²) in [7, 11) is 3.97. The number of carbonyl (C=O) groups is 1. The Morgan fingerprint density at radius 1 is 1.25 bits per heavy atom. The van der Waals surface area contributed by atoms with Gasteiger partial charge in [0.1, 0.15) is 0 Å². The van der Waals surface area contributed by atoms with Crippen molar-refractivity contribution in [2.24, 2.45) is 0 Å². The van der Waals surface area contributed by atoms with E-state index in [1.54, 1.807) is 29.4 Å². The van der Waals surface area contributed by atoms with E-state index >= 15 is 0 Å². The zero-order valence-electron chi connectivity index (χ0n) is 11.8. The minimum Gasteiger partial charge on any atom is -0.459 e. The number of pyridine rings is 1. The van der Waals surface area contributed by atoms with Gasteiger partial charge in [0.05, 0.1) is 6.26 Å². The Kier molecular flexibility index (Phi) is 4.90. The van der Waals surface area contributed by atoms with Crippen LogP contribution >= 0.6 is 0 Å². The van der Waals surface area contributed by atoms with Gasteiger partial charge in [-0.25, -0.2) is 0 Å².